The number of aliphatic hydroxyl groups is 1. The van der Waals surface area contributed by atoms with Crippen LogP contribution < -0.4 is 0 Å². The van der Waals surface area contributed by atoms with Crippen LogP contribution in [0.1, 0.15) is 31.4 Å². The first-order chi connectivity index (χ1) is 6.74. The van der Waals surface area contributed by atoms with Crippen LogP contribution in [0, 0.1) is 15.4 Å². The minimum absolute atomic E-state index is 0.382. The summed E-state index contributed by atoms with van der Waals surface area (Å²) >= 11 is 2.25. The zero-order valence-corrected chi connectivity index (χ0v) is 10.3. The average molecular weight is 300 g/mol. The van der Waals surface area contributed by atoms with Crippen molar-refractivity contribution < 1.29 is 5.11 Å². The van der Waals surface area contributed by atoms with Gasteiger partial charge in [-0.3, -0.25) is 0 Å². The van der Waals surface area contributed by atoms with Gasteiger partial charge in [0, 0.05) is 9.99 Å². The van der Waals surface area contributed by atoms with Gasteiger partial charge in [0.1, 0.15) is 0 Å². The fourth-order valence-corrected chi connectivity index (χ4v) is 1.55. The van der Waals surface area contributed by atoms with E-state index in [2.05, 4.69) is 34.4 Å². The molecule has 1 nitrogen and oxygen atoms in total. The molecule has 1 N–H and O–H groups in total. The van der Waals surface area contributed by atoms with E-state index in [9.17, 15) is 5.11 Å². The molecule has 74 valence electrons. The summed E-state index contributed by atoms with van der Waals surface area (Å²) in [6, 6.07) is 7.94. The highest BCUT2D eigenvalue weighted by Gasteiger charge is 2.05. The van der Waals surface area contributed by atoms with E-state index in [1.165, 1.54) is 3.57 Å². The van der Waals surface area contributed by atoms with Crippen LogP contribution in [0.5, 0.6) is 0 Å². The molecule has 1 rings (SSSR count). The highest BCUT2D eigenvalue weighted by Crippen LogP contribution is 2.18. The van der Waals surface area contributed by atoms with Crippen molar-refractivity contribution in [2.75, 3.05) is 0 Å². The van der Waals surface area contributed by atoms with E-state index in [1.54, 1.807) is 0 Å². The summed E-state index contributed by atoms with van der Waals surface area (Å²) in [5, 5.41) is 9.77. The van der Waals surface area contributed by atoms with Gasteiger partial charge < -0.3 is 5.11 Å². The van der Waals surface area contributed by atoms with Gasteiger partial charge >= 0.3 is 0 Å². The summed E-state index contributed by atoms with van der Waals surface area (Å²) in [6.45, 7) is 1.82. The molecule has 0 fully saturated rings. The lowest BCUT2D eigenvalue weighted by Gasteiger charge is -2.08. The predicted octanol–water partition coefficient (Wildman–Crippen LogP) is 3.13. The van der Waals surface area contributed by atoms with Crippen LogP contribution in [-0.4, -0.2) is 5.11 Å². The van der Waals surface area contributed by atoms with Gasteiger partial charge in [0.05, 0.1) is 6.10 Å². The van der Waals surface area contributed by atoms with Crippen molar-refractivity contribution in [2.24, 2.45) is 0 Å². The van der Waals surface area contributed by atoms with Gasteiger partial charge in [-0.1, -0.05) is 12.1 Å². The van der Waals surface area contributed by atoms with Gasteiger partial charge in [-0.05, 0) is 53.6 Å². The first-order valence-electron chi connectivity index (χ1n) is 4.57. The second-order valence-corrected chi connectivity index (χ2v) is 4.28. The molecule has 0 amide bonds. The topological polar surface area (TPSA) is 20.2 Å². The van der Waals surface area contributed by atoms with E-state index < -0.39 is 0 Å². The van der Waals surface area contributed by atoms with Gasteiger partial charge in [0.25, 0.3) is 0 Å². The van der Waals surface area contributed by atoms with Gasteiger partial charge in [-0.15, -0.1) is 11.8 Å². The van der Waals surface area contributed by atoms with E-state index in [-0.39, 0.29) is 6.10 Å². The summed E-state index contributed by atoms with van der Waals surface area (Å²) in [5.74, 6) is 5.77. The largest absolute Gasteiger partial charge is 0.388 e. The molecular weight excluding hydrogens is 287 g/mol. The highest BCUT2D eigenvalue weighted by molar-refractivity contribution is 14.1. The standard InChI is InChI=1S/C12H13IO/c1-2-3-4-5-12(14)10-6-8-11(13)9-7-10/h6-9,12,14H,4-5H2,1H3. The van der Waals surface area contributed by atoms with E-state index in [0.717, 1.165) is 12.0 Å². The van der Waals surface area contributed by atoms with Crippen molar-refractivity contribution in [2.45, 2.75) is 25.9 Å². The van der Waals surface area contributed by atoms with E-state index in [1.807, 2.05) is 31.2 Å². The molecule has 0 aliphatic rings. The molecule has 0 spiro atoms. The van der Waals surface area contributed by atoms with Crippen molar-refractivity contribution in [1.82, 2.24) is 0 Å². The second kappa shape index (κ2) is 6.05. The van der Waals surface area contributed by atoms with Gasteiger partial charge in [-0.2, -0.15) is 0 Å². The minimum Gasteiger partial charge on any atom is -0.388 e. The fourth-order valence-electron chi connectivity index (χ4n) is 1.19. The second-order valence-electron chi connectivity index (χ2n) is 3.03. The maximum absolute atomic E-state index is 9.77. The number of benzene rings is 1. The molecule has 0 aliphatic heterocycles. The van der Waals surface area contributed by atoms with Crippen LogP contribution >= 0.6 is 22.6 Å². The zero-order valence-electron chi connectivity index (χ0n) is 8.13. The first kappa shape index (κ1) is 11.5. The van der Waals surface area contributed by atoms with E-state index >= 15 is 0 Å². The summed E-state index contributed by atoms with van der Waals surface area (Å²) < 4.78 is 1.19. The van der Waals surface area contributed by atoms with Gasteiger partial charge in [0.2, 0.25) is 0 Å². The quantitative estimate of drug-likeness (QED) is 0.672. The molecule has 1 unspecified atom stereocenters. The van der Waals surface area contributed by atoms with E-state index in [4.69, 9.17) is 0 Å². The molecule has 1 aromatic rings. The van der Waals surface area contributed by atoms with Crippen molar-refractivity contribution in [3.05, 3.63) is 33.4 Å². The Bertz CT molecular complexity index is 332. The lowest BCUT2D eigenvalue weighted by molar-refractivity contribution is 0.169. The molecule has 0 radical (unpaired) electrons. The molecule has 0 saturated heterocycles. The van der Waals surface area contributed by atoms with Crippen LogP contribution in [-0.2, 0) is 0 Å². The third-order valence-corrected chi connectivity index (χ3v) is 2.69. The monoisotopic (exact) mass is 300 g/mol. The third-order valence-electron chi connectivity index (χ3n) is 1.97. The molecule has 0 bridgehead atoms. The lowest BCUT2D eigenvalue weighted by atomic mass is 10.1. The maximum atomic E-state index is 9.77. The van der Waals surface area contributed by atoms with Crippen LogP contribution in [0.2, 0.25) is 0 Å². The predicted molar refractivity (Wildman–Crippen MR) is 66.8 cm³/mol. The molecular formula is C12H13IO. The Kier molecular flexibility index (Phi) is 4.99. The molecule has 1 atom stereocenters. The highest BCUT2D eigenvalue weighted by atomic mass is 127. The summed E-state index contributed by atoms with van der Waals surface area (Å²) in [6.07, 6.45) is 1.08. The Morgan fingerprint density at radius 3 is 2.57 bits per heavy atom. The summed E-state index contributed by atoms with van der Waals surface area (Å²) in [5.41, 5.74) is 0.975. The van der Waals surface area contributed by atoms with E-state index in [0.29, 0.717) is 6.42 Å². The minimum atomic E-state index is -0.382. The number of hydrogen-bond donors (Lipinski definition) is 1. The molecule has 1 aromatic carbocycles. The van der Waals surface area contributed by atoms with Crippen LogP contribution in [0.25, 0.3) is 0 Å². The van der Waals surface area contributed by atoms with Crippen molar-refractivity contribution in [1.29, 1.82) is 0 Å². The number of rotatable bonds is 3. The van der Waals surface area contributed by atoms with Crippen LogP contribution in [0.15, 0.2) is 24.3 Å². The molecule has 0 aliphatic carbocycles. The Hall–Kier alpha value is -0.530. The maximum Gasteiger partial charge on any atom is 0.0799 e. The zero-order chi connectivity index (χ0) is 10.4. The number of aliphatic hydroxyl groups excluding tert-OH is 1. The van der Waals surface area contributed by atoms with Crippen molar-refractivity contribution in [3.63, 3.8) is 0 Å². The van der Waals surface area contributed by atoms with Crippen molar-refractivity contribution in [3.8, 4) is 11.8 Å². The van der Waals surface area contributed by atoms with Crippen molar-refractivity contribution >= 4 is 22.6 Å². The normalized spacial score (nSPS) is 11.6. The molecule has 0 aromatic heterocycles. The fraction of sp³-hybridized carbons (Fsp3) is 0.333. The smallest absolute Gasteiger partial charge is 0.0799 e. The number of hydrogen-bond acceptors (Lipinski definition) is 1. The summed E-state index contributed by atoms with van der Waals surface area (Å²) in [4.78, 5) is 0. The molecule has 0 heterocycles. The van der Waals surface area contributed by atoms with Gasteiger partial charge in [-0.25, -0.2) is 0 Å². The lowest BCUT2D eigenvalue weighted by Crippen LogP contribution is -1.96. The third kappa shape index (κ3) is 3.69. The average Bonchev–Trinajstić information content (AvgIpc) is 2.19. The number of halogens is 1. The molecule has 2 heteroatoms. The Labute approximate surface area is 98.7 Å². The van der Waals surface area contributed by atoms with Crippen LogP contribution in [0.4, 0.5) is 0 Å². The van der Waals surface area contributed by atoms with Crippen LogP contribution in [0.3, 0.4) is 0 Å². The summed E-state index contributed by atoms with van der Waals surface area (Å²) in [7, 11) is 0. The van der Waals surface area contributed by atoms with Gasteiger partial charge in [0.15, 0.2) is 0 Å². The molecule has 0 saturated carbocycles. The Balaban J connectivity index is 2.54. The SMILES string of the molecule is CC#CCCC(O)c1ccc(I)cc1. The first-order valence-corrected chi connectivity index (χ1v) is 5.65. The Morgan fingerprint density at radius 1 is 1.36 bits per heavy atom. The Morgan fingerprint density at radius 2 is 2.00 bits per heavy atom. The molecule has 14 heavy (non-hydrogen) atoms.